The molecule has 1 amide bonds. The number of sulfone groups is 1. The number of allylic oxidation sites excluding steroid dienone is 1. The summed E-state index contributed by atoms with van der Waals surface area (Å²) in [5, 5.41) is 2.59. The maximum Gasteiger partial charge on any atom is 0.344 e. The van der Waals surface area contributed by atoms with Crippen LogP contribution in [0, 0.1) is 0 Å². The molecule has 28 heavy (non-hydrogen) atoms. The highest BCUT2D eigenvalue weighted by molar-refractivity contribution is 7.91. The Balaban J connectivity index is 1.84. The van der Waals surface area contributed by atoms with Gasteiger partial charge < -0.3 is 19.5 Å². The van der Waals surface area contributed by atoms with Crippen molar-refractivity contribution in [2.24, 2.45) is 0 Å². The van der Waals surface area contributed by atoms with Crippen LogP contribution >= 0.6 is 0 Å². The molecule has 0 spiro atoms. The largest absolute Gasteiger partial charge is 0.493 e. The first kappa shape index (κ1) is 21.7. The predicted molar refractivity (Wildman–Crippen MR) is 104 cm³/mol. The lowest BCUT2D eigenvalue weighted by Gasteiger charge is -2.17. The Morgan fingerprint density at radius 2 is 2.07 bits per heavy atom. The first-order valence-corrected chi connectivity index (χ1v) is 10.7. The SMILES string of the molecule is C/C=C/c1ccc(OCC(=O)O[C@H](C)C(=O)N[C@@H]2CCS(=O)(=O)C2)c(OC)c1. The van der Waals surface area contributed by atoms with Crippen molar-refractivity contribution in [3.63, 3.8) is 0 Å². The van der Waals surface area contributed by atoms with Crippen molar-refractivity contribution >= 4 is 27.8 Å². The van der Waals surface area contributed by atoms with E-state index in [1.165, 1.54) is 14.0 Å². The molecule has 2 atom stereocenters. The fraction of sp³-hybridized carbons (Fsp3) is 0.474. The second kappa shape index (κ2) is 9.59. The van der Waals surface area contributed by atoms with Gasteiger partial charge in [0, 0.05) is 6.04 Å². The zero-order chi connectivity index (χ0) is 20.7. The van der Waals surface area contributed by atoms with Gasteiger partial charge in [-0.1, -0.05) is 18.2 Å². The van der Waals surface area contributed by atoms with Crippen molar-refractivity contribution < 1.29 is 32.2 Å². The van der Waals surface area contributed by atoms with E-state index in [9.17, 15) is 18.0 Å². The lowest BCUT2D eigenvalue weighted by atomic mass is 10.2. The summed E-state index contributed by atoms with van der Waals surface area (Å²) in [6.07, 6.45) is 3.09. The molecule has 1 aliphatic heterocycles. The first-order valence-electron chi connectivity index (χ1n) is 8.88. The van der Waals surface area contributed by atoms with E-state index in [1.807, 2.05) is 25.1 Å². The molecule has 154 valence electrons. The molecule has 0 bridgehead atoms. The van der Waals surface area contributed by atoms with E-state index in [0.717, 1.165) is 5.56 Å². The summed E-state index contributed by atoms with van der Waals surface area (Å²) in [6, 6.07) is 4.81. The van der Waals surface area contributed by atoms with Gasteiger partial charge in [-0.2, -0.15) is 0 Å². The number of rotatable bonds is 8. The van der Waals surface area contributed by atoms with Crippen LogP contribution in [0.4, 0.5) is 0 Å². The van der Waals surface area contributed by atoms with E-state index in [0.29, 0.717) is 17.9 Å². The molecule has 1 aliphatic rings. The number of carbonyl (C=O) groups excluding carboxylic acids is 2. The van der Waals surface area contributed by atoms with Crippen molar-refractivity contribution in [3.8, 4) is 11.5 Å². The normalized spacial score (nSPS) is 19.2. The monoisotopic (exact) mass is 411 g/mol. The van der Waals surface area contributed by atoms with E-state index in [1.54, 1.807) is 12.1 Å². The molecule has 0 aliphatic carbocycles. The van der Waals surface area contributed by atoms with Crippen LogP contribution < -0.4 is 14.8 Å². The Morgan fingerprint density at radius 3 is 2.68 bits per heavy atom. The number of amides is 1. The fourth-order valence-electron chi connectivity index (χ4n) is 2.75. The molecule has 8 nitrogen and oxygen atoms in total. The summed E-state index contributed by atoms with van der Waals surface area (Å²) < 4.78 is 38.6. The summed E-state index contributed by atoms with van der Waals surface area (Å²) >= 11 is 0. The molecule has 1 N–H and O–H groups in total. The van der Waals surface area contributed by atoms with Crippen molar-refractivity contribution in [3.05, 3.63) is 29.8 Å². The molecule has 1 aromatic rings. The van der Waals surface area contributed by atoms with Crippen LogP contribution in [0.25, 0.3) is 6.08 Å². The average Bonchev–Trinajstić information content (AvgIpc) is 2.98. The van der Waals surface area contributed by atoms with Crippen LogP contribution in [0.3, 0.4) is 0 Å². The number of nitrogens with one attached hydrogen (secondary N) is 1. The number of esters is 1. The van der Waals surface area contributed by atoms with E-state index in [4.69, 9.17) is 14.2 Å². The van der Waals surface area contributed by atoms with E-state index in [2.05, 4.69) is 5.32 Å². The minimum Gasteiger partial charge on any atom is -0.493 e. The van der Waals surface area contributed by atoms with Gasteiger partial charge in [-0.15, -0.1) is 0 Å². The van der Waals surface area contributed by atoms with Crippen molar-refractivity contribution in [2.75, 3.05) is 25.2 Å². The summed E-state index contributed by atoms with van der Waals surface area (Å²) in [7, 11) is -1.61. The molecule has 0 saturated carbocycles. The third kappa shape index (κ3) is 6.26. The topological polar surface area (TPSA) is 108 Å². The molecular weight excluding hydrogens is 386 g/mol. The summed E-state index contributed by atoms with van der Waals surface area (Å²) in [5.74, 6) is -0.456. The minimum absolute atomic E-state index is 0.0502. The number of carbonyl (C=O) groups is 2. The Hall–Kier alpha value is -2.55. The molecule has 2 rings (SSSR count). The number of methoxy groups -OCH3 is 1. The summed E-state index contributed by atoms with van der Waals surface area (Å²) in [6.45, 7) is 2.92. The molecular formula is C19H25NO7S. The Morgan fingerprint density at radius 1 is 1.32 bits per heavy atom. The van der Waals surface area contributed by atoms with Crippen LogP contribution in [0.15, 0.2) is 24.3 Å². The molecule has 0 unspecified atom stereocenters. The van der Waals surface area contributed by atoms with Crippen molar-refractivity contribution in [1.82, 2.24) is 5.32 Å². The molecule has 9 heteroatoms. The zero-order valence-electron chi connectivity index (χ0n) is 16.1. The Kier molecular flexibility index (Phi) is 7.45. The molecule has 1 heterocycles. The zero-order valence-corrected chi connectivity index (χ0v) is 17.0. The van der Waals surface area contributed by atoms with E-state index >= 15 is 0 Å². The van der Waals surface area contributed by atoms with Gasteiger partial charge in [0.05, 0.1) is 18.6 Å². The van der Waals surface area contributed by atoms with Gasteiger partial charge in [-0.25, -0.2) is 13.2 Å². The van der Waals surface area contributed by atoms with Crippen LogP contribution in [-0.4, -0.2) is 57.7 Å². The van der Waals surface area contributed by atoms with Gasteiger partial charge in [-0.05, 0) is 38.0 Å². The van der Waals surface area contributed by atoms with Crippen molar-refractivity contribution in [1.29, 1.82) is 0 Å². The molecule has 1 aromatic carbocycles. The number of benzene rings is 1. The van der Waals surface area contributed by atoms with Crippen molar-refractivity contribution in [2.45, 2.75) is 32.4 Å². The molecule has 1 fully saturated rings. The summed E-state index contributed by atoms with van der Waals surface area (Å²) in [4.78, 5) is 24.0. The summed E-state index contributed by atoms with van der Waals surface area (Å²) in [5.41, 5.74) is 0.925. The minimum atomic E-state index is -3.10. The van der Waals surface area contributed by atoms with Gasteiger partial charge in [-0.3, -0.25) is 4.79 Å². The fourth-order valence-corrected chi connectivity index (χ4v) is 4.42. The van der Waals surface area contributed by atoms with Gasteiger partial charge >= 0.3 is 5.97 Å². The van der Waals surface area contributed by atoms with E-state index < -0.39 is 40.5 Å². The van der Waals surface area contributed by atoms with Crippen LogP contribution in [-0.2, 0) is 24.2 Å². The van der Waals surface area contributed by atoms with Crippen LogP contribution in [0.2, 0.25) is 0 Å². The second-order valence-electron chi connectivity index (χ2n) is 6.44. The number of ether oxygens (including phenoxy) is 3. The maximum atomic E-state index is 12.1. The maximum absolute atomic E-state index is 12.1. The third-order valence-electron chi connectivity index (χ3n) is 4.15. The smallest absolute Gasteiger partial charge is 0.344 e. The second-order valence-corrected chi connectivity index (χ2v) is 8.67. The predicted octanol–water partition coefficient (Wildman–Crippen LogP) is 1.34. The highest BCUT2D eigenvalue weighted by atomic mass is 32.2. The lowest BCUT2D eigenvalue weighted by molar-refractivity contribution is -0.156. The number of hydrogen-bond acceptors (Lipinski definition) is 7. The highest BCUT2D eigenvalue weighted by Crippen LogP contribution is 2.28. The Labute approximate surface area is 164 Å². The van der Waals surface area contributed by atoms with Crippen LogP contribution in [0.5, 0.6) is 11.5 Å². The van der Waals surface area contributed by atoms with E-state index in [-0.39, 0.29) is 11.5 Å². The average molecular weight is 411 g/mol. The molecule has 0 radical (unpaired) electrons. The van der Waals surface area contributed by atoms with Crippen LogP contribution in [0.1, 0.15) is 25.8 Å². The lowest BCUT2D eigenvalue weighted by Crippen LogP contribution is -2.43. The van der Waals surface area contributed by atoms with Gasteiger partial charge in [0.15, 0.2) is 34.0 Å². The van der Waals surface area contributed by atoms with Gasteiger partial charge in [0.25, 0.3) is 5.91 Å². The molecule has 0 aromatic heterocycles. The third-order valence-corrected chi connectivity index (χ3v) is 5.92. The number of hydrogen-bond donors (Lipinski definition) is 1. The Bertz CT molecular complexity index is 848. The quantitative estimate of drug-likeness (QED) is 0.643. The standard InChI is InChI=1S/C19H25NO7S/c1-4-5-14-6-7-16(17(10-14)25-3)26-11-18(21)27-13(2)19(22)20-15-8-9-28(23,24)12-15/h4-7,10,13,15H,8-9,11-12H2,1-3H3,(H,20,22)/b5-4+/t13-,15-/m1/s1. The highest BCUT2D eigenvalue weighted by Gasteiger charge is 2.30. The van der Waals surface area contributed by atoms with Gasteiger partial charge in [0.1, 0.15) is 0 Å². The van der Waals surface area contributed by atoms with Gasteiger partial charge in [0.2, 0.25) is 0 Å². The first-order chi connectivity index (χ1) is 13.2. The molecule has 1 saturated heterocycles.